The SMILES string of the molecule is O=C(COC(=O)CSc1ccc2c(c1)OCCO2)Nc1ccc(F)cc1Cl. The van der Waals surface area contributed by atoms with Crippen LogP contribution in [0.4, 0.5) is 10.1 Å². The number of ether oxygens (including phenoxy) is 3. The van der Waals surface area contributed by atoms with Gasteiger partial charge < -0.3 is 19.5 Å². The van der Waals surface area contributed by atoms with Gasteiger partial charge in [-0.15, -0.1) is 11.8 Å². The highest BCUT2D eigenvalue weighted by Crippen LogP contribution is 2.34. The summed E-state index contributed by atoms with van der Waals surface area (Å²) in [5.74, 6) is -0.291. The zero-order chi connectivity index (χ0) is 19.2. The molecule has 0 aromatic heterocycles. The van der Waals surface area contributed by atoms with E-state index in [0.29, 0.717) is 24.7 Å². The fraction of sp³-hybridized carbons (Fsp3) is 0.222. The minimum Gasteiger partial charge on any atom is -0.486 e. The monoisotopic (exact) mass is 411 g/mol. The van der Waals surface area contributed by atoms with Crippen molar-refractivity contribution in [2.75, 3.05) is 30.9 Å². The van der Waals surface area contributed by atoms with Crippen LogP contribution in [0, 0.1) is 5.82 Å². The van der Waals surface area contributed by atoms with Gasteiger partial charge in [-0.25, -0.2) is 4.39 Å². The predicted molar refractivity (Wildman–Crippen MR) is 99.2 cm³/mol. The summed E-state index contributed by atoms with van der Waals surface area (Å²) in [5.41, 5.74) is 0.241. The molecule has 0 aliphatic carbocycles. The van der Waals surface area contributed by atoms with Crippen molar-refractivity contribution in [1.82, 2.24) is 0 Å². The molecular formula is C18H15ClFNO5S. The number of rotatable bonds is 6. The van der Waals surface area contributed by atoms with E-state index in [1.165, 1.54) is 17.8 Å². The normalized spacial score (nSPS) is 12.4. The lowest BCUT2D eigenvalue weighted by atomic mass is 10.3. The third-order valence-electron chi connectivity index (χ3n) is 3.44. The smallest absolute Gasteiger partial charge is 0.316 e. The first-order valence-electron chi connectivity index (χ1n) is 7.94. The number of amides is 1. The molecule has 1 heterocycles. The van der Waals surface area contributed by atoms with Crippen LogP contribution >= 0.6 is 23.4 Å². The topological polar surface area (TPSA) is 73.9 Å². The Balaban J connectivity index is 1.43. The average Bonchev–Trinajstić information content (AvgIpc) is 2.67. The summed E-state index contributed by atoms with van der Waals surface area (Å²) >= 11 is 7.08. The van der Waals surface area contributed by atoms with Crippen molar-refractivity contribution < 1.29 is 28.2 Å². The lowest BCUT2D eigenvalue weighted by Crippen LogP contribution is -2.21. The van der Waals surface area contributed by atoms with Crippen molar-refractivity contribution in [3.63, 3.8) is 0 Å². The highest BCUT2D eigenvalue weighted by Gasteiger charge is 2.14. The molecule has 0 saturated heterocycles. The van der Waals surface area contributed by atoms with Gasteiger partial charge in [0.2, 0.25) is 0 Å². The van der Waals surface area contributed by atoms with Crippen molar-refractivity contribution in [3.8, 4) is 11.5 Å². The molecule has 1 aliphatic rings. The summed E-state index contributed by atoms with van der Waals surface area (Å²) in [6, 6.07) is 8.95. The van der Waals surface area contributed by atoms with Gasteiger partial charge in [-0.05, 0) is 36.4 Å². The Bertz CT molecular complexity index is 864. The van der Waals surface area contributed by atoms with Crippen LogP contribution in [-0.4, -0.2) is 37.4 Å². The van der Waals surface area contributed by atoms with Gasteiger partial charge in [0.05, 0.1) is 16.5 Å². The first-order chi connectivity index (χ1) is 13.0. The molecule has 1 N–H and O–H groups in total. The zero-order valence-electron chi connectivity index (χ0n) is 14.0. The molecule has 0 bridgehead atoms. The van der Waals surface area contributed by atoms with E-state index in [0.717, 1.165) is 17.0 Å². The first-order valence-corrected chi connectivity index (χ1v) is 9.30. The molecule has 0 radical (unpaired) electrons. The van der Waals surface area contributed by atoms with Crippen LogP contribution < -0.4 is 14.8 Å². The molecule has 6 nitrogen and oxygen atoms in total. The lowest BCUT2D eigenvalue weighted by Gasteiger charge is -2.18. The second-order valence-corrected chi connectivity index (χ2v) is 6.88. The third kappa shape index (κ3) is 5.51. The van der Waals surface area contributed by atoms with Gasteiger partial charge in [0.1, 0.15) is 19.0 Å². The van der Waals surface area contributed by atoms with Crippen LogP contribution in [0.15, 0.2) is 41.3 Å². The van der Waals surface area contributed by atoms with Crippen molar-refractivity contribution in [2.45, 2.75) is 4.90 Å². The fourth-order valence-electron chi connectivity index (χ4n) is 2.22. The van der Waals surface area contributed by atoms with Crippen LogP contribution in [0.2, 0.25) is 5.02 Å². The molecule has 9 heteroatoms. The number of esters is 1. The standard InChI is InChI=1S/C18H15ClFNO5S/c19-13-7-11(20)1-3-14(13)21-17(22)9-26-18(23)10-27-12-2-4-15-16(8-12)25-6-5-24-15/h1-4,7-8H,5-6,9-10H2,(H,21,22). The summed E-state index contributed by atoms with van der Waals surface area (Å²) in [6.07, 6.45) is 0. The molecule has 142 valence electrons. The Kier molecular flexibility index (Phi) is 6.41. The van der Waals surface area contributed by atoms with E-state index in [1.54, 1.807) is 12.1 Å². The highest BCUT2D eigenvalue weighted by molar-refractivity contribution is 8.00. The van der Waals surface area contributed by atoms with Crippen molar-refractivity contribution in [1.29, 1.82) is 0 Å². The molecule has 0 atom stereocenters. The van der Waals surface area contributed by atoms with E-state index >= 15 is 0 Å². The molecule has 2 aromatic carbocycles. The Morgan fingerprint density at radius 3 is 2.70 bits per heavy atom. The first kappa shape index (κ1) is 19.3. The molecule has 0 saturated carbocycles. The van der Waals surface area contributed by atoms with Crippen molar-refractivity contribution in [2.24, 2.45) is 0 Å². The molecule has 0 unspecified atom stereocenters. The van der Waals surface area contributed by atoms with Crippen molar-refractivity contribution in [3.05, 3.63) is 47.2 Å². The summed E-state index contributed by atoms with van der Waals surface area (Å²) in [4.78, 5) is 24.4. The van der Waals surface area contributed by atoms with E-state index < -0.39 is 24.3 Å². The summed E-state index contributed by atoms with van der Waals surface area (Å²) in [7, 11) is 0. The van der Waals surface area contributed by atoms with Gasteiger partial charge in [0.25, 0.3) is 5.91 Å². The van der Waals surface area contributed by atoms with E-state index in [9.17, 15) is 14.0 Å². The average molecular weight is 412 g/mol. The zero-order valence-corrected chi connectivity index (χ0v) is 15.6. The molecule has 0 fully saturated rings. The number of nitrogens with one attached hydrogen (secondary N) is 1. The molecule has 2 aromatic rings. The van der Waals surface area contributed by atoms with Gasteiger partial charge in [0, 0.05) is 4.90 Å². The maximum absolute atomic E-state index is 13.0. The summed E-state index contributed by atoms with van der Waals surface area (Å²) < 4.78 is 28.8. The van der Waals surface area contributed by atoms with E-state index in [-0.39, 0.29) is 16.5 Å². The van der Waals surface area contributed by atoms with Crippen LogP contribution in [0.25, 0.3) is 0 Å². The number of fused-ring (bicyclic) bond motifs is 1. The van der Waals surface area contributed by atoms with Gasteiger partial charge in [-0.3, -0.25) is 9.59 Å². The quantitative estimate of drug-likeness (QED) is 0.579. The maximum Gasteiger partial charge on any atom is 0.316 e. The third-order valence-corrected chi connectivity index (χ3v) is 4.72. The summed E-state index contributed by atoms with van der Waals surface area (Å²) in [6.45, 7) is 0.529. The van der Waals surface area contributed by atoms with Gasteiger partial charge in [-0.2, -0.15) is 0 Å². The van der Waals surface area contributed by atoms with E-state index in [4.69, 9.17) is 25.8 Å². The van der Waals surface area contributed by atoms with E-state index in [2.05, 4.69) is 5.32 Å². The van der Waals surface area contributed by atoms with Gasteiger partial charge >= 0.3 is 5.97 Å². The number of hydrogen-bond donors (Lipinski definition) is 1. The molecule has 0 spiro atoms. The van der Waals surface area contributed by atoms with Crippen molar-refractivity contribution >= 4 is 40.9 Å². The van der Waals surface area contributed by atoms with Crippen LogP contribution in [0.3, 0.4) is 0 Å². The molecule has 27 heavy (non-hydrogen) atoms. The number of halogens is 2. The summed E-state index contributed by atoms with van der Waals surface area (Å²) in [5, 5.41) is 2.51. The molecular weight excluding hydrogens is 397 g/mol. The Hall–Kier alpha value is -2.45. The number of carbonyl (C=O) groups excluding carboxylic acids is 2. The molecule has 3 rings (SSSR count). The second-order valence-electron chi connectivity index (χ2n) is 5.43. The largest absolute Gasteiger partial charge is 0.486 e. The number of anilines is 1. The van der Waals surface area contributed by atoms with Gasteiger partial charge in [-0.1, -0.05) is 11.6 Å². The number of benzene rings is 2. The lowest BCUT2D eigenvalue weighted by molar-refractivity contribution is -0.144. The number of thioether (sulfide) groups is 1. The highest BCUT2D eigenvalue weighted by atomic mass is 35.5. The maximum atomic E-state index is 13.0. The Morgan fingerprint density at radius 1 is 1.15 bits per heavy atom. The minimum atomic E-state index is -0.568. The number of carbonyl (C=O) groups is 2. The molecule has 1 amide bonds. The van der Waals surface area contributed by atoms with Crippen LogP contribution in [0.5, 0.6) is 11.5 Å². The minimum absolute atomic E-state index is 0.0320. The fourth-order valence-corrected chi connectivity index (χ4v) is 3.16. The number of hydrogen-bond acceptors (Lipinski definition) is 6. The predicted octanol–water partition coefficient (Wildman–Crippen LogP) is 3.52. The van der Waals surface area contributed by atoms with E-state index in [1.807, 2.05) is 6.07 Å². The van der Waals surface area contributed by atoms with Gasteiger partial charge in [0.15, 0.2) is 18.1 Å². The van der Waals surface area contributed by atoms with Crippen LogP contribution in [-0.2, 0) is 14.3 Å². The second kappa shape index (κ2) is 8.96. The Morgan fingerprint density at radius 2 is 1.93 bits per heavy atom. The molecule has 1 aliphatic heterocycles. The Labute approximate surface area is 163 Å². The van der Waals surface area contributed by atoms with Crippen LogP contribution in [0.1, 0.15) is 0 Å².